The van der Waals surface area contributed by atoms with Crippen LogP contribution in [0.15, 0.2) is 48.5 Å². The molecule has 2 aromatic carbocycles. The molecule has 2 aromatic rings. The number of carbonyl (C=O) groups is 2. The third-order valence-corrected chi connectivity index (χ3v) is 3.81. The van der Waals surface area contributed by atoms with Crippen LogP contribution in [0.5, 0.6) is 5.75 Å². The van der Waals surface area contributed by atoms with Crippen LogP contribution in [0.4, 0.5) is 5.69 Å². The first-order valence-electron chi connectivity index (χ1n) is 6.85. The molecule has 1 atom stereocenters. The van der Waals surface area contributed by atoms with E-state index in [1.165, 1.54) is 7.11 Å². The second-order valence-electron chi connectivity index (χ2n) is 5.19. The Bertz CT molecular complexity index is 742. The summed E-state index contributed by atoms with van der Waals surface area (Å²) in [6, 6.07) is 13.5. The monoisotopic (exact) mass is 297 g/mol. The molecule has 0 bridgehead atoms. The summed E-state index contributed by atoms with van der Waals surface area (Å²) >= 11 is 0. The third kappa shape index (κ3) is 2.25. The van der Waals surface area contributed by atoms with E-state index in [9.17, 15) is 14.7 Å². The summed E-state index contributed by atoms with van der Waals surface area (Å²) in [5.41, 5.74) is -0.563. The predicted molar refractivity (Wildman–Crippen MR) is 80.9 cm³/mol. The van der Waals surface area contributed by atoms with Crippen molar-refractivity contribution < 1.29 is 19.4 Å². The average molecular weight is 297 g/mol. The molecule has 5 nitrogen and oxygen atoms in total. The normalized spacial score (nSPS) is 19.5. The molecule has 2 N–H and O–H groups in total. The molecule has 1 heterocycles. The third-order valence-electron chi connectivity index (χ3n) is 3.81. The molecule has 5 heteroatoms. The number of hydrogen-bond donors (Lipinski definition) is 2. The van der Waals surface area contributed by atoms with E-state index < -0.39 is 11.5 Å². The molecule has 0 unspecified atom stereocenters. The number of amides is 1. The van der Waals surface area contributed by atoms with Gasteiger partial charge in [-0.2, -0.15) is 0 Å². The minimum Gasteiger partial charge on any atom is -0.497 e. The topological polar surface area (TPSA) is 75.6 Å². The molecule has 0 aliphatic carbocycles. The number of ketones is 1. The summed E-state index contributed by atoms with van der Waals surface area (Å²) in [6.07, 6.45) is -0.316. The van der Waals surface area contributed by atoms with Crippen molar-refractivity contribution in [2.75, 3.05) is 12.4 Å². The number of methoxy groups -OCH3 is 1. The van der Waals surface area contributed by atoms with Crippen LogP contribution in [0.25, 0.3) is 0 Å². The van der Waals surface area contributed by atoms with Gasteiger partial charge in [0, 0.05) is 16.8 Å². The molecule has 1 aliphatic rings. The fourth-order valence-corrected chi connectivity index (χ4v) is 2.58. The van der Waals surface area contributed by atoms with Gasteiger partial charge in [0.15, 0.2) is 11.4 Å². The quantitative estimate of drug-likeness (QED) is 0.848. The smallest absolute Gasteiger partial charge is 0.261 e. The van der Waals surface area contributed by atoms with E-state index in [0.29, 0.717) is 22.6 Å². The maximum atomic E-state index is 12.3. The van der Waals surface area contributed by atoms with Gasteiger partial charge in [0.2, 0.25) is 0 Å². The maximum Gasteiger partial charge on any atom is 0.261 e. The maximum absolute atomic E-state index is 12.3. The molecule has 0 saturated carbocycles. The molecular formula is C17H15NO4. The lowest BCUT2D eigenvalue weighted by atomic mass is 9.88. The first kappa shape index (κ1) is 14.3. The zero-order chi connectivity index (χ0) is 15.7. The van der Waals surface area contributed by atoms with Crippen molar-refractivity contribution in [1.82, 2.24) is 0 Å². The number of rotatable bonds is 4. The van der Waals surface area contributed by atoms with E-state index in [2.05, 4.69) is 5.32 Å². The van der Waals surface area contributed by atoms with Gasteiger partial charge in [0.05, 0.1) is 13.5 Å². The van der Waals surface area contributed by atoms with Crippen LogP contribution >= 0.6 is 0 Å². The number of aliphatic hydroxyl groups is 1. The predicted octanol–water partition coefficient (Wildman–Crippen LogP) is 2.11. The van der Waals surface area contributed by atoms with E-state index in [0.717, 1.165) is 0 Å². The molecule has 1 aliphatic heterocycles. The van der Waals surface area contributed by atoms with Gasteiger partial charge in [-0.3, -0.25) is 9.59 Å². The van der Waals surface area contributed by atoms with Crippen molar-refractivity contribution in [3.8, 4) is 5.75 Å². The number of nitrogens with one attached hydrogen (secondary N) is 1. The summed E-state index contributed by atoms with van der Waals surface area (Å²) in [6.45, 7) is 0. The van der Waals surface area contributed by atoms with Gasteiger partial charge in [-0.1, -0.05) is 30.3 Å². The summed E-state index contributed by atoms with van der Waals surface area (Å²) in [5.74, 6) is -0.380. The van der Waals surface area contributed by atoms with Gasteiger partial charge in [0.1, 0.15) is 5.75 Å². The minimum atomic E-state index is -1.88. The van der Waals surface area contributed by atoms with Crippen molar-refractivity contribution >= 4 is 17.4 Å². The Balaban J connectivity index is 1.96. The summed E-state index contributed by atoms with van der Waals surface area (Å²) in [7, 11) is 1.50. The van der Waals surface area contributed by atoms with Crippen LogP contribution in [0.3, 0.4) is 0 Å². The Labute approximate surface area is 127 Å². The lowest BCUT2D eigenvalue weighted by Crippen LogP contribution is -2.36. The molecule has 0 fully saturated rings. The highest BCUT2D eigenvalue weighted by Gasteiger charge is 2.47. The van der Waals surface area contributed by atoms with Crippen LogP contribution in [-0.2, 0) is 10.4 Å². The number of ether oxygens (including phenoxy) is 1. The summed E-state index contributed by atoms with van der Waals surface area (Å²) < 4.78 is 5.12. The molecule has 22 heavy (non-hydrogen) atoms. The van der Waals surface area contributed by atoms with Crippen molar-refractivity contribution in [1.29, 1.82) is 0 Å². The summed E-state index contributed by atoms with van der Waals surface area (Å²) in [5, 5.41) is 13.4. The van der Waals surface area contributed by atoms with Gasteiger partial charge in [-0.25, -0.2) is 0 Å². The minimum absolute atomic E-state index is 0.297. The molecular weight excluding hydrogens is 282 g/mol. The zero-order valence-corrected chi connectivity index (χ0v) is 12.0. The Morgan fingerprint density at radius 3 is 2.64 bits per heavy atom. The number of anilines is 1. The van der Waals surface area contributed by atoms with Crippen molar-refractivity contribution in [3.63, 3.8) is 0 Å². The van der Waals surface area contributed by atoms with Gasteiger partial charge in [-0.05, 0) is 18.2 Å². The van der Waals surface area contributed by atoms with Crippen LogP contribution < -0.4 is 10.1 Å². The first-order chi connectivity index (χ1) is 10.5. The highest BCUT2D eigenvalue weighted by molar-refractivity contribution is 6.09. The van der Waals surface area contributed by atoms with E-state index >= 15 is 0 Å². The fraction of sp³-hybridized carbons (Fsp3) is 0.176. The molecule has 1 amide bonds. The highest BCUT2D eigenvalue weighted by atomic mass is 16.5. The van der Waals surface area contributed by atoms with E-state index in [-0.39, 0.29) is 12.2 Å². The van der Waals surface area contributed by atoms with Gasteiger partial charge in [-0.15, -0.1) is 0 Å². The molecule has 3 rings (SSSR count). The van der Waals surface area contributed by atoms with Crippen LogP contribution in [0.1, 0.15) is 22.3 Å². The van der Waals surface area contributed by atoms with Crippen molar-refractivity contribution in [2.24, 2.45) is 0 Å². The Morgan fingerprint density at radius 2 is 1.95 bits per heavy atom. The van der Waals surface area contributed by atoms with Crippen LogP contribution in [0, 0.1) is 0 Å². The number of carbonyl (C=O) groups excluding carboxylic acids is 2. The fourth-order valence-electron chi connectivity index (χ4n) is 2.58. The largest absolute Gasteiger partial charge is 0.497 e. The number of fused-ring (bicyclic) bond motifs is 1. The Morgan fingerprint density at radius 1 is 1.23 bits per heavy atom. The Hall–Kier alpha value is -2.66. The molecule has 0 saturated heterocycles. The van der Waals surface area contributed by atoms with E-state index in [1.54, 1.807) is 48.5 Å². The van der Waals surface area contributed by atoms with E-state index in [1.807, 2.05) is 0 Å². The second kappa shape index (κ2) is 5.27. The first-order valence-corrected chi connectivity index (χ1v) is 6.85. The zero-order valence-electron chi connectivity index (χ0n) is 12.0. The van der Waals surface area contributed by atoms with E-state index in [4.69, 9.17) is 4.74 Å². The van der Waals surface area contributed by atoms with Gasteiger partial charge < -0.3 is 15.2 Å². The number of Topliss-reactive ketones (excluding diaryl/α,β-unsaturated/α-hetero) is 1. The number of hydrogen-bond acceptors (Lipinski definition) is 4. The molecule has 0 aromatic heterocycles. The highest BCUT2D eigenvalue weighted by Crippen LogP contribution is 2.40. The lowest BCUT2D eigenvalue weighted by Gasteiger charge is -2.20. The summed E-state index contributed by atoms with van der Waals surface area (Å²) in [4.78, 5) is 24.5. The lowest BCUT2D eigenvalue weighted by molar-refractivity contribution is -0.133. The van der Waals surface area contributed by atoms with Crippen molar-refractivity contribution in [2.45, 2.75) is 12.0 Å². The van der Waals surface area contributed by atoms with Crippen LogP contribution in [-0.4, -0.2) is 23.9 Å². The van der Waals surface area contributed by atoms with Gasteiger partial charge in [0.25, 0.3) is 5.91 Å². The number of benzene rings is 2. The van der Waals surface area contributed by atoms with Crippen molar-refractivity contribution in [3.05, 3.63) is 59.7 Å². The Kier molecular flexibility index (Phi) is 3.42. The molecule has 0 radical (unpaired) electrons. The standard InChI is InChI=1S/C17H15NO4/c1-22-12-7-8-14-13(9-12)17(21,16(20)18-14)10-15(19)11-5-3-2-4-6-11/h2-9,21H,10H2,1H3,(H,18,20)/t17-/m0/s1. The molecule has 0 spiro atoms. The average Bonchev–Trinajstić information content (AvgIpc) is 2.79. The molecule has 112 valence electrons. The SMILES string of the molecule is COc1ccc2c(c1)[C@@](O)(CC(=O)c1ccccc1)C(=O)N2. The van der Waals surface area contributed by atoms with Crippen LogP contribution in [0.2, 0.25) is 0 Å². The second-order valence-corrected chi connectivity index (χ2v) is 5.19. The van der Waals surface area contributed by atoms with Gasteiger partial charge >= 0.3 is 0 Å².